The zero-order valence-electron chi connectivity index (χ0n) is 33.3. The lowest BCUT2D eigenvalue weighted by Gasteiger charge is -2.40. The average molecular weight is 775 g/mol. The summed E-state index contributed by atoms with van der Waals surface area (Å²) in [4.78, 5) is 2.54. The molecule has 2 heterocycles. The van der Waals surface area contributed by atoms with Crippen molar-refractivity contribution in [2.45, 2.75) is 5.41 Å². The molecule has 2 aliphatic rings. The van der Waals surface area contributed by atoms with Crippen LogP contribution in [0.25, 0.3) is 71.6 Å². The number of nitrogens with zero attached hydrogens (tertiary/aromatic N) is 2. The molecule has 0 unspecified atom stereocenters. The van der Waals surface area contributed by atoms with Crippen molar-refractivity contribution in [2.75, 3.05) is 4.90 Å². The number of aromatic nitrogens is 1. The van der Waals surface area contributed by atoms with Crippen molar-refractivity contribution in [2.24, 2.45) is 0 Å². The first-order valence-corrected chi connectivity index (χ1v) is 21.2. The van der Waals surface area contributed by atoms with Crippen molar-refractivity contribution in [3.8, 4) is 39.1 Å². The maximum Gasteiger partial charge on any atom is 0.0755 e. The minimum atomic E-state index is -0.559. The molecule has 1 spiro atoms. The van der Waals surface area contributed by atoms with Gasteiger partial charge in [0.2, 0.25) is 0 Å². The van der Waals surface area contributed by atoms with Crippen LogP contribution < -0.4 is 4.90 Å². The molecule has 0 saturated heterocycles. The van der Waals surface area contributed by atoms with Gasteiger partial charge in [0.1, 0.15) is 0 Å². The SMILES string of the molecule is c1ccc(-c2cccc(-c3ccccc3N(c3cc4c5c(c3)c3ccccc3n5-c3ccccc3C43c4ccccc4-c4ccccc43)c3cccc4ccccc34)c2)cc1. The predicted molar refractivity (Wildman–Crippen MR) is 255 cm³/mol. The van der Waals surface area contributed by atoms with Crippen molar-refractivity contribution in [3.05, 3.63) is 253 Å². The maximum atomic E-state index is 2.54. The minimum absolute atomic E-state index is 0.559. The van der Waals surface area contributed by atoms with Crippen molar-refractivity contribution < 1.29 is 0 Å². The standard InChI is InChI=1S/C59H38N2/c1-2-18-39(19-3-1)41-22-16-23-42(36-41)45-25-8-13-32-54(45)60(55-35-17-21-40-20-4-5-24-44(40)55)43-37-49-48-28-9-14-33-56(48)61-57-34-15-12-31-52(57)59(53(38-43)58(49)61)50-29-10-6-26-46(50)47-27-7-11-30-51(47)59/h1-38H. The fourth-order valence-corrected chi connectivity index (χ4v) is 10.9. The van der Waals surface area contributed by atoms with Gasteiger partial charge < -0.3 is 9.47 Å². The average Bonchev–Trinajstić information content (AvgIpc) is 3.83. The molecule has 0 amide bonds. The summed E-state index contributed by atoms with van der Waals surface area (Å²) in [5.41, 5.74) is 19.1. The highest BCUT2D eigenvalue weighted by atomic mass is 15.1. The van der Waals surface area contributed by atoms with Crippen LogP contribution in [-0.4, -0.2) is 4.57 Å². The third-order valence-electron chi connectivity index (χ3n) is 13.4. The number of hydrogen-bond acceptors (Lipinski definition) is 1. The van der Waals surface area contributed by atoms with Crippen LogP contribution in [0.4, 0.5) is 17.1 Å². The zero-order chi connectivity index (χ0) is 40.1. The summed E-state index contributed by atoms with van der Waals surface area (Å²) in [6.45, 7) is 0. The van der Waals surface area contributed by atoms with Gasteiger partial charge in [-0.2, -0.15) is 0 Å². The zero-order valence-corrected chi connectivity index (χ0v) is 33.3. The summed E-state index contributed by atoms with van der Waals surface area (Å²) in [6.07, 6.45) is 0. The van der Waals surface area contributed by atoms with E-state index in [1.54, 1.807) is 0 Å². The van der Waals surface area contributed by atoms with E-state index in [1.165, 1.54) is 93.9 Å². The molecular weight excluding hydrogens is 737 g/mol. The van der Waals surface area contributed by atoms with Gasteiger partial charge in [0.25, 0.3) is 0 Å². The van der Waals surface area contributed by atoms with E-state index in [4.69, 9.17) is 0 Å². The molecule has 0 radical (unpaired) electrons. The first-order chi connectivity index (χ1) is 30.3. The predicted octanol–water partition coefficient (Wildman–Crippen LogP) is 15.4. The Morgan fingerprint density at radius 3 is 1.74 bits per heavy atom. The molecule has 0 bridgehead atoms. The largest absolute Gasteiger partial charge is 0.309 e. The Labute approximate surface area is 354 Å². The van der Waals surface area contributed by atoms with Gasteiger partial charge >= 0.3 is 0 Å². The van der Waals surface area contributed by atoms with Crippen molar-refractivity contribution in [1.29, 1.82) is 0 Å². The topological polar surface area (TPSA) is 8.17 Å². The first kappa shape index (κ1) is 34.0. The molecule has 61 heavy (non-hydrogen) atoms. The highest BCUT2D eigenvalue weighted by molar-refractivity contribution is 6.15. The van der Waals surface area contributed by atoms with Crippen molar-refractivity contribution >= 4 is 49.6 Å². The number of fused-ring (bicyclic) bond motifs is 13. The number of benzene rings is 10. The van der Waals surface area contributed by atoms with Crippen LogP contribution in [-0.2, 0) is 5.41 Å². The van der Waals surface area contributed by atoms with E-state index in [-0.39, 0.29) is 0 Å². The van der Waals surface area contributed by atoms with Crippen LogP contribution >= 0.6 is 0 Å². The second-order valence-corrected chi connectivity index (χ2v) is 16.4. The Hall–Kier alpha value is -7.94. The monoisotopic (exact) mass is 774 g/mol. The van der Waals surface area contributed by atoms with E-state index in [9.17, 15) is 0 Å². The van der Waals surface area contributed by atoms with Gasteiger partial charge in [-0.15, -0.1) is 0 Å². The summed E-state index contributed by atoms with van der Waals surface area (Å²) in [6, 6.07) is 85.5. The lowest BCUT2D eigenvalue weighted by atomic mass is 9.65. The Morgan fingerprint density at radius 1 is 0.344 bits per heavy atom. The van der Waals surface area contributed by atoms with E-state index < -0.39 is 5.41 Å². The van der Waals surface area contributed by atoms with Gasteiger partial charge in [0, 0.05) is 27.4 Å². The fraction of sp³-hybridized carbons (Fsp3) is 0.0169. The van der Waals surface area contributed by atoms with Crippen molar-refractivity contribution in [1.82, 2.24) is 4.57 Å². The van der Waals surface area contributed by atoms with Crippen LogP contribution in [0.2, 0.25) is 0 Å². The van der Waals surface area contributed by atoms with Crippen LogP contribution in [0.1, 0.15) is 22.3 Å². The molecule has 1 aliphatic carbocycles. The van der Waals surface area contributed by atoms with E-state index in [1.807, 2.05) is 0 Å². The van der Waals surface area contributed by atoms with Crippen molar-refractivity contribution in [3.63, 3.8) is 0 Å². The van der Waals surface area contributed by atoms with E-state index >= 15 is 0 Å². The Kier molecular flexibility index (Phi) is 7.26. The van der Waals surface area contributed by atoms with Crippen LogP contribution in [0.15, 0.2) is 231 Å². The second-order valence-electron chi connectivity index (χ2n) is 16.4. The summed E-state index contributed by atoms with van der Waals surface area (Å²) < 4.78 is 2.54. The molecule has 0 saturated carbocycles. The summed E-state index contributed by atoms with van der Waals surface area (Å²) in [5.74, 6) is 0. The van der Waals surface area contributed by atoms with Gasteiger partial charge in [0.05, 0.1) is 33.5 Å². The highest BCUT2D eigenvalue weighted by Crippen LogP contribution is 2.62. The molecular formula is C59H38N2. The normalized spacial score (nSPS) is 13.0. The molecule has 0 N–H and O–H groups in total. The molecule has 13 rings (SSSR count). The summed E-state index contributed by atoms with van der Waals surface area (Å²) in [7, 11) is 0. The third kappa shape index (κ3) is 4.73. The minimum Gasteiger partial charge on any atom is -0.309 e. The van der Waals surface area contributed by atoms with Gasteiger partial charge in [-0.05, 0) is 97.9 Å². The molecule has 0 fully saturated rings. The van der Waals surface area contributed by atoms with Gasteiger partial charge in [0.15, 0.2) is 0 Å². The second kappa shape index (κ2) is 13.0. The number of anilines is 3. The fourth-order valence-electron chi connectivity index (χ4n) is 10.9. The molecule has 0 atom stereocenters. The quantitative estimate of drug-likeness (QED) is 0.169. The van der Waals surface area contributed by atoms with Gasteiger partial charge in [-0.25, -0.2) is 0 Å². The summed E-state index contributed by atoms with van der Waals surface area (Å²) >= 11 is 0. The molecule has 11 aromatic rings. The molecule has 1 aromatic heterocycles. The molecule has 2 heteroatoms. The number of rotatable bonds is 5. The van der Waals surface area contributed by atoms with Crippen LogP contribution in [0.3, 0.4) is 0 Å². The molecule has 284 valence electrons. The smallest absolute Gasteiger partial charge is 0.0755 e. The van der Waals surface area contributed by atoms with Crippen LogP contribution in [0.5, 0.6) is 0 Å². The van der Waals surface area contributed by atoms with E-state index in [2.05, 4.69) is 240 Å². The lowest BCUT2D eigenvalue weighted by molar-refractivity contribution is 0.748. The van der Waals surface area contributed by atoms with E-state index in [0.717, 1.165) is 17.1 Å². The van der Waals surface area contributed by atoms with E-state index in [0.29, 0.717) is 0 Å². The number of para-hydroxylation sites is 3. The molecule has 2 nitrogen and oxygen atoms in total. The Balaban J connectivity index is 1.18. The summed E-state index contributed by atoms with van der Waals surface area (Å²) in [5, 5.41) is 4.89. The molecule has 1 aliphatic heterocycles. The Morgan fingerprint density at radius 2 is 0.918 bits per heavy atom. The third-order valence-corrected chi connectivity index (χ3v) is 13.4. The lowest BCUT2D eigenvalue weighted by Crippen LogP contribution is -2.33. The number of hydrogen-bond donors (Lipinski definition) is 0. The maximum absolute atomic E-state index is 2.54. The Bertz CT molecular complexity index is 3500. The van der Waals surface area contributed by atoms with Gasteiger partial charge in [-0.1, -0.05) is 188 Å². The first-order valence-electron chi connectivity index (χ1n) is 21.2. The van der Waals surface area contributed by atoms with Crippen LogP contribution in [0, 0.1) is 0 Å². The molecule has 10 aromatic carbocycles. The van der Waals surface area contributed by atoms with Gasteiger partial charge in [-0.3, -0.25) is 0 Å². The highest BCUT2D eigenvalue weighted by Gasteiger charge is 2.51.